The van der Waals surface area contributed by atoms with E-state index in [1.165, 1.54) is 12.8 Å². The summed E-state index contributed by atoms with van der Waals surface area (Å²) in [6.07, 6.45) is 5.29. The van der Waals surface area contributed by atoms with E-state index in [4.69, 9.17) is 5.26 Å². The highest BCUT2D eigenvalue weighted by Gasteiger charge is 2.36. The summed E-state index contributed by atoms with van der Waals surface area (Å²) < 4.78 is 0. The number of carbonyl (C=O) groups excluding carboxylic acids is 1. The molecule has 0 aromatic heterocycles. The molecule has 1 unspecified atom stereocenters. The van der Waals surface area contributed by atoms with Crippen LogP contribution in [0.4, 0.5) is 0 Å². The van der Waals surface area contributed by atoms with E-state index in [1.54, 1.807) is 6.92 Å². The summed E-state index contributed by atoms with van der Waals surface area (Å²) in [7, 11) is 0. The van der Waals surface area contributed by atoms with Gasteiger partial charge in [-0.3, -0.25) is 4.79 Å². The lowest BCUT2D eigenvalue weighted by Crippen LogP contribution is -2.45. The molecule has 0 aromatic carbocycles. The zero-order valence-electron chi connectivity index (χ0n) is 11.3. The highest BCUT2D eigenvalue weighted by atomic mass is 16.2. The predicted octanol–water partition coefficient (Wildman–Crippen LogP) is 2.96. The Hall–Kier alpha value is -1.04. The molecule has 1 aliphatic rings. The Labute approximate surface area is 105 Å². The average molecular weight is 236 g/mol. The van der Waals surface area contributed by atoms with Gasteiger partial charge in [0.25, 0.3) is 0 Å². The van der Waals surface area contributed by atoms with Crippen LogP contribution in [-0.2, 0) is 4.79 Å². The third kappa shape index (κ3) is 3.21. The van der Waals surface area contributed by atoms with Gasteiger partial charge in [0.05, 0.1) is 6.07 Å². The Balaban J connectivity index is 2.54. The number of hydrogen-bond donors (Lipinski definition) is 0. The van der Waals surface area contributed by atoms with Crippen LogP contribution in [0.1, 0.15) is 52.9 Å². The van der Waals surface area contributed by atoms with Crippen molar-refractivity contribution in [2.45, 2.75) is 52.9 Å². The first kappa shape index (κ1) is 14.0. The minimum absolute atomic E-state index is 0.0254. The molecular formula is C14H24N2O. The number of rotatable bonds is 4. The van der Waals surface area contributed by atoms with Crippen molar-refractivity contribution in [1.82, 2.24) is 4.90 Å². The van der Waals surface area contributed by atoms with Crippen molar-refractivity contribution in [3.8, 4) is 6.07 Å². The molecule has 1 rings (SSSR count). The van der Waals surface area contributed by atoms with Crippen molar-refractivity contribution >= 4 is 5.91 Å². The summed E-state index contributed by atoms with van der Waals surface area (Å²) in [4.78, 5) is 14.1. The van der Waals surface area contributed by atoms with Gasteiger partial charge < -0.3 is 4.90 Å². The second-order valence-electron chi connectivity index (χ2n) is 5.32. The first-order chi connectivity index (χ1) is 8.07. The molecule has 96 valence electrons. The fraction of sp³-hybridized carbons (Fsp3) is 0.857. The molecule has 1 heterocycles. The molecule has 0 bridgehead atoms. The minimum Gasteiger partial charge on any atom is -0.341 e. The van der Waals surface area contributed by atoms with Gasteiger partial charge in [0, 0.05) is 13.1 Å². The van der Waals surface area contributed by atoms with E-state index in [1.807, 2.05) is 11.8 Å². The summed E-state index contributed by atoms with van der Waals surface area (Å²) in [6.45, 7) is 7.54. The number of nitriles is 1. The van der Waals surface area contributed by atoms with E-state index < -0.39 is 5.41 Å². The summed E-state index contributed by atoms with van der Waals surface area (Å²) in [5, 5.41) is 9.13. The highest BCUT2D eigenvalue weighted by Crippen LogP contribution is 2.28. The van der Waals surface area contributed by atoms with E-state index in [0.29, 0.717) is 6.42 Å². The van der Waals surface area contributed by atoms with Gasteiger partial charge in [-0.2, -0.15) is 5.26 Å². The first-order valence-electron chi connectivity index (χ1n) is 6.78. The molecule has 3 heteroatoms. The zero-order valence-corrected chi connectivity index (χ0v) is 11.3. The average Bonchev–Trinajstić information content (AvgIpc) is 2.38. The number of hydrogen-bond acceptors (Lipinski definition) is 2. The number of piperidine rings is 1. The topological polar surface area (TPSA) is 44.1 Å². The largest absolute Gasteiger partial charge is 0.341 e. The van der Waals surface area contributed by atoms with Crippen molar-refractivity contribution in [2.75, 3.05) is 13.1 Å². The van der Waals surface area contributed by atoms with Gasteiger partial charge in [-0.1, -0.05) is 26.7 Å². The fourth-order valence-electron chi connectivity index (χ4n) is 2.46. The molecule has 1 fully saturated rings. The molecular weight excluding hydrogens is 212 g/mol. The maximum atomic E-state index is 12.3. The molecule has 0 radical (unpaired) electrons. The van der Waals surface area contributed by atoms with Gasteiger partial charge in [0.15, 0.2) is 0 Å². The number of likely N-dealkylation sites (tertiary alicyclic amines) is 1. The van der Waals surface area contributed by atoms with E-state index >= 15 is 0 Å². The molecule has 1 amide bonds. The Morgan fingerprint density at radius 2 is 2.00 bits per heavy atom. The Kier molecular flexibility index (Phi) is 4.99. The van der Waals surface area contributed by atoms with Crippen molar-refractivity contribution in [3.63, 3.8) is 0 Å². The van der Waals surface area contributed by atoms with E-state index in [-0.39, 0.29) is 5.91 Å². The molecule has 1 atom stereocenters. The maximum Gasteiger partial charge on any atom is 0.242 e. The second kappa shape index (κ2) is 6.05. The van der Waals surface area contributed by atoms with Crippen LogP contribution in [0.3, 0.4) is 0 Å². The molecule has 0 spiro atoms. The second-order valence-corrected chi connectivity index (χ2v) is 5.32. The van der Waals surface area contributed by atoms with Gasteiger partial charge in [-0.05, 0) is 32.1 Å². The Bertz CT molecular complexity index is 300. The van der Waals surface area contributed by atoms with Gasteiger partial charge in [0.2, 0.25) is 5.91 Å². The van der Waals surface area contributed by atoms with Crippen LogP contribution in [-0.4, -0.2) is 23.9 Å². The van der Waals surface area contributed by atoms with Crippen LogP contribution in [0.2, 0.25) is 0 Å². The normalized spacial score (nSPS) is 20.7. The van der Waals surface area contributed by atoms with Crippen LogP contribution < -0.4 is 0 Å². The Morgan fingerprint density at radius 1 is 1.41 bits per heavy atom. The van der Waals surface area contributed by atoms with Crippen LogP contribution >= 0.6 is 0 Å². The molecule has 0 aromatic rings. The quantitative estimate of drug-likeness (QED) is 0.753. The van der Waals surface area contributed by atoms with Crippen molar-refractivity contribution in [2.24, 2.45) is 11.3 Å². The van der Waals surface area contributed by atoms with Crippen molar-refractivity contribution in [1.29, 1.82) is 5.26 Å². The van der Waals surface area contributed by atoms with E-state index in [9.17, 15) is 4.79 Å². The third-order valence-corrected chi connectivity index (χ3v) is 4.02. The molecule has 1 aliphatic heterocycles. The summed E-state index contributed by atoms with van der Waals surface area (Å²) in [5.41, 5.74) is -0.822. The van der Waals surface area contributed by atoms with Crippen LogP contribution in [0, 0.1) is 22.7 Å². The SMILES string of the molecule is CCCC1CCN(C(=O)C(C)(C#N)CC)CC1. The molecule has 0 aliphatic carbocycles. The molecule has 17 heavy (non-hydrogen) atoms. The highest BCUT2D eigenvalue weighted by molar-refractivity contribution is 5.85. The molecule has 1 saturated heterocycles. The van der Waals surface area contributed by atoms with Crippen molar-refractivity contribution < 1.29 is 4.79 Å². The maximum absolute atomic E-state index is 12.3. The summed E-state index contributed by atoms with van der Waals surface area (Å²) in [5.74, 6) is 0.802. The van der Waals surface area contributed by atoms with Gasteiger partial charge in [0.1, 0.15) is 5.41 Å². The number of amides is 1. The predicted molar refractivity (Wildman–Crippen MR) is 68.2 cm³/mol. The van der Waals surface area contributed by atoms with Gasteiger partial charge in [-0.25, -0.2) is 0 Å². The van der Waals surface area contributed by atoms with Crippen LogP contribution in [0.15, 0.2) is 0 Å². The van der Waals surface area contributed by atoms with Crippen molar-refractivity contribution in [3.05, 3.63) is 0 Å². The Morgan fingerprint density at radius 3 is 2.41 bits per heavy atom. The number of nitrogens with zero attached hydrogens (tertiary/aromatic N) is 2. The number of carbonyl (C=O) groups is 1. The third-order valence-electron chi connectivity index (χ3n) is 4.02. The van der Waals surface area contributed by atoms with Gasteiger partial charge in [-0.15, -0.1) is 0 Å². The monoisotopic (exact) mass is 236 g/mol. The minimum atomic E-state index is -0.822. The van der Waals surface area contributed by atoms with Gasteiger partial charge >= 0.3 is 0 Å². The lowest BCUT2D eigenvalue weighted by Gasteiger charge is -2.35. The summed E-state index contributed by atoms with van der Waals surface area (Å²) >= 11 is 0. The lowest BCUT2D eigenvalue weighted by molar-refractivity contribution is -0.139. The fourth-order valence-corrected chi connectivity index (χ4v) is 2.46. The lowest BCUT2D eigenvalue weighted by atomic mass is 9.85. The van der Waals surface area contributed by atoms with E-state index in [2.05, 4.69) is 13.0 Å². The smallest absolute Gasteiger partial charge is 0.242 e. The molecule has 0 N–H and O–H groups in total. The zero-order chi connectivity index (χ0) is 12.9. The molecule has 0 saturated carbocycles. The summed E-state index contributed by atoms with van der Waals surface area (Å²) in [6, 6.07) is 2.17. The van der Waals surface area contributed by atoms with Crippen LogP contribution in [0.25, 0.3) is 0 Å². The first-order valence-corrected chi connectivity index (χ1v) is 6.78. The molecule has 3 nitrogen and oxygen atoms in total. The standard InChI is InChI=1S/C14H24N2O/c1-4-6-12-7-9-16(10-8-12)13(17)14(3,5-2)11-15/h12H,4-10H2,1-3H3. The van der Waals surface area contributed by atoms with E-state index in [0.717, 1.165) is 31.8 Å². The van der Waals surface area contributed by atoms with Crippen LogP contribution in [0.5, 0.6) is 0 Å².